The quantitative estimate of drug-likeness (QED) is 0.0203. The first-order chi connectivity index (χ1) is 28.5. The number of hydrogen-bond acceptors (Lipinski definition) is 6. The predicted octanol–water partition coefficient (Wildman–Crippen LogP) is 14.6. The lowest BCUT2D eigenvalue weighted by Gasteiger charge is -2.18. The molecule has 0 aromatic rings. The van der Waals surface area contributed by atoms with Gasteiger partial charge in [0.05, 0.1) is 6.42 Å². The second-order valence-corrected chi connectivity index (χ2v) is 14.2. The van der Waals surface area contributed by atoms with E-state index in [9.17, 15) is 14.4 Å². The fourth-order valence-corrected chi connectivity index (χ4v) is 5.42. The van der Waals surface area contributed by atoms with Gasteiger partial charge in [0, 0.05) is 12.8 Å². The zero-order valence-electron chi connectivity index (χ0n) is 36.8. The van der Waals surface area contributed by atoms with E-state index in [-0.39, 0.29) is 44.4 Å². The number of carbonyl (C=O) groups excluding carboxylic acids is 3. The molecular weight excluding hydrogens is 721 g/mol. The highest BCUT2D eigenvalue weighted by Crippen LogP contribution is 2.11. The van der Waals surface area contributed by atoms with Crippen LogP contribution in [-0.4, -0.2) is 37.2 Å². The molecule has 0 aromatic carbocycles. The molecular formula is C52H80O6. The summed E-state index contributed by atoms with van der Waals surface area (Å²) >= 11 is 0. The minimum absolute atomic E-state index is 0.115. The molecule has 1 unspecified atom stereocenters. The molecule has 0 aliphatic carbocycles. The minimum Gasteiger partial charge on any atom is -0.462 e. The van der Waals surface area contributed by atoms with Gasteiger partial charge in [0.1, 0.15) is 13.2 Å². The van der Waals surface area contributed by atoms with E-state index >= 15 is 0 Å². The lowest BCUT2D eigenvalue weighted by Crippen LogP contribution is -2.30. The molecule has 0 aromatic heterocycles. The van der Waals surface area contributed by atoms with Crippen LogP contribution in [0.3, 0.4) is 0 Å². The molecule has 0 radical (unpaired) electrons. The van der Waals surface area contributed by atoms with Gasteiger partial charge >= 0.3 is 17.9 Å². The fourth-order valence-electron chi connectivity index (χ4n) is 5.42. The fraction of sp³-hybridized carbons (Fsp3) is 0.558. The van der Waals surface area contributed by atoms with Crippen molar-refractivity contribution in [2.75, 3.05) is 13.2 Å². The maximum Gasteiger partial charge on any atom is 0.309 e. The summed E-state index contributed by atoms with van der Waals surface area (Å²) < 4.78 is 16.5. The summed E-state index contributed by atoms with van der Waals surface area (Å²) in [6, 6.07) is 0. The third kappa shape index (κ3) is 42.9. The van der Waals surface area contributed by atoms with Gasteiger partial charge in [0.2, 0.25) is 0 Å². The first kappa shape index (κ1) is 53.8. The maximum atomic E-state index is 12.7. The van der Waals surface area contributed by atoms with Crippen molar-refractivity contribution in [3.8, 4) is 0 Å². The number of rotatable bonds is 38. The van der Waals surface area contributed by atoms with Gasteiger partial charge in [-0.2, -0.15) is 0 Å². The van der Waals surface area contributed by atoms with Crippen molar-refractivity contribution in [3.63, 3.8) is 0 Å². The van der Waals surface area contributed by atoms with Crippen molar-refractivity contribution in [1.29, 1.82) is 0 Å². The Morgan fingerprint density at radius 2 is 0.828 bits per heavy atom. The number of esters is 3. The van der Waals surface area contributed by atoms with Gasteiger partial charge in [-0.1, -0.05) is 181 Å². The first-order valence-electron chi connectivity index (χ1n) is 22.6. The van der Waals surface area contributed by atoms with E-state index in [0.717, 1.165) is 89.9 Å². The third-order valence-corrected chi connectivity index (χ3v) is 8.76. The predicted molar refractivity (Wildman–Crippen MR) is 246 cm³/mol. The van der Waals surface area contributed by atoms with Crippen LogP contribution in [0.15, 0.2) is 122 Å². The monoisotopic (exact) mass is 801 g/mol. The highest BCUT2D eigenvalue weighted by molar-refractivity contribution is 5.72. The minimum atomic E-state index is -0.851. The number of carbonyl (C=O) groups is 3. The third-order valence-electron chi connectivity index (χ3n) is 8.76. The van der Waals surface area contributed by atoms with Crippen molar-refractivity contribution in [1.82, 2.24) is 0 Å². The summed E-state index contributed by atoms with van der Waals surface area (Å²) in [7, 11) is 0. The van der Waals surface area contributed by atoms with Gasteiger partial charge in [0.25, 0.3) is 0 Å². The van der Waals surface area contributed by atoms with Gasteiger partial charge < -0.3 is 14.2 Å². The molecule has 0 heterocycles. The molecule has 0 N–H and O–H groups in total. The molecule has 0 rings (SSSR count). The van der Waals surface area contributed by atoms with Crippen LogP contribution in [0, 0.1) is 0 Å². The molecule has 0 aliphatic rings. The zero-order chi connectivity index (χ0) is 42.3. The smallest absolute Gasteiger partial charge is 0.309 e. The molecule has 0 spiro atoms. The number of unbranched alkanes of at least 4 members (excludes halogenated alkanes) is 9. The Bertz CT molecular complexity index is 1290. The molecule has 6 heteroatoms. The average Bonchev–Trinajstić information content (AvgIpc) is 3.22. The molecule has 324 valence electrons. The van der Waals surface area contributed by atoms with E-state index in [2.05, 4.69) is 118 Å². The normalized spacial score (nSPS) is 13.2. The van der Waals surface area contributed by atoms with Crippen LogP contribution in [0.4, 0.5) is 0 Å². The molecule has 0 amide bonds. The Hall–Kier alpha value is -4.19. The van der Waals surface area contributed by atoms with Crippen LogP contribution in [0.5, 0.6) is 0 Å². The van der Waals surface area contributed by atoms with Crippen molar-refractivity contribution in [2.24, 2.45) is 0 Å². The van der Waals surface area contributed by atoms with Gasteiger partial charge in [-0.05, 0) is 89.9 Å². The lowest BCUT2D eigenvalue weighted by atomic mass is 10.1. The summed E-state index contributed by atoms with van der Waals surface area (Å²) in [6.07, 6.45) is 62.3. The molecule has 0 fully saturated rings. The highest BCUT2D eigenvalue weighted by atomic mass is 16.6. The lowest BCUT2D eigenvalue weighted by molar-refractivity contribution is -0.166. The van der Waals surface area contributed by atoms with E-state index in [4.69, 9.17) is 14.2 Å². The summed E-state index contributed by atoms with van der Waals surface area (Å²) in [5, 5.41) is 0. The Balaban J connectivity index is 4.58. The standard InChI is InChI=1S/C52H80O6/c1-4-7-10-13-16-19-21-23-25-27-28-30-33-36-39-42-45-51(54)57-48-49(47-56-50(53)44-41-38-35-32-18-15-12-9-6-3)58-52(55)46-43-40-37-34-31-29-26-24-22-20-17-14-11-8-5-2/h7,9-10,12,16-20,22-25,28,30,32,36,38-39,41,49H,4-6,8,11,13-15,21,26-27,29,31,33-35,37,40,42-48H2,1-3H3/b10-7-,12-9-,19-16-,20-17-,24-22-,25-23-,30-28-,32-18-,39-36-,41-38-. The summed E-state index contributed by atoms with van der Waals surface area (Å²) in [6.45, 7) is 6.16. The highest BCUT2D eigenvalue weighted by Gasteiger charge is 2.19. The molecule has 0 aliphatic heterocycles. The van der Waals surface area contributed by atoms with Crippen LogP contribution >= 0.6 is 0 Å². The van der Waals surface area contributed by atoms with Crippen LogP contribution in [0.1, 0.15) is 168 Å². The Morgan fingerprint density at radius 3 is 1.34 bits per heavy atom. The molecule has 1 atom stereocenters. The topological polar surface area (TPSA) is 78.9 Å². The van der Waals surface area contributed by atoms with Gasteiger partial charge in [-0.25, -0.2) is 0 Å². The van der Waals surface area contributed by atoms with Crippen LogP contribution < -0.4 is 0 Å². The summed E-state index contributed by atoms with van der Waals surface area (Å²) in [4.78, 5) is 37.6. The molecule has 6 nitrogen and oxygen atoms in total. The van der Waals surface area contributed by atoms with Crippen molar-refractivity contribution >= 4 is 17.9 Å². The average molecular weight is 801 g/mol. The Morgan fingerprint density at radius 1 is 0.397 bits per heavy atom. The van der Waals surface area contributed by atoms with Crippen molar-refractivity contribution in [2.45, 2.75) is 175 Å². The molecule has 0 saturated heterocycles. The SMILES string of the molecule is CC/C=C\C/C=C\C/C=C\C/C=C\C/C=C\CCC(=O)OCC(COC(=O)C/C=C\C/C=C\C/C=C\CC)OC(=O)CCCCCCCC/C=C\C=C/CCCCC. The number of allylic oxidation sites excluding steroid dienone is 19. The molecule has 0 saturated carbocycles. The van der Waals surface area contributed by atoms with Gasteiger partial charge in [0.15, 0.2) is 6.10 Å². The summed E-state index contributed by atoms with van der Waals surface area (Å²) in [5.74, 6) is -1.18. The van der Waals surface area contributed by atoms with E-state index in [0.29, 0.717) is 6.42 Å². The van der Waals surface area contributed by atoms with E-state index in [1.807, 2.05) is 18.2 Å². The number of hydrogen-bond donors (Lipinski definition) is 0. The van der Waals surface area contributed by atoms with Gasteiger partial charge in [-0.15, -0.1) is 0 Å². The van der Waals surface area contributed by atoms with Crippen molar-refractivity contribution < 1.29 is 28.6 Å². The van der Waals surface area contributed by atoms with Crippen molar-refractivity contribution in [3.05, 3.63) is 122 Å². The van der Waals surface area contributed by atoms with E-state index in [1.54, 1.807) is 6.08 Å². The zero-order valence-corrected chi connectivity index (χ0v) is 36.8. The van der Waals surface area contributed by atoms with Gasteiger partial charge in [-0.3, -0.25) is 14.4 Å². The first-order valence-corrected chi connectivity index (χ1v) is 22.6. The van der Waals surface area contributed by atoms with Crippen LogP contribution in [0.25, 0.3) is 0 Å². The number of ether oxygens (including phenoxy) is 3. The van der Waals surface area contributed by atoms with Crippen LogP contribution in [0.2, 0.25) is 0 Å². The van der Waals surface area contributed by atoms with E-state index < -0.39 is 12.1 Å². The Labute approximate surface area is 354 Å². The molecule has 58 heavy (non-hydrogen) atoms. The maximum absolute atomic E-state index is 12.7. The second-order valence-electron chi connectivity index (χ2n) is 14.2. The summed E-state index contributed by atoms with van der Waals surface area (Å²) in [5.41, 5.74) is 0. The van der Waals surface area contributed by atoms with E-state index in [1.165, 1.54) is 32.1 Å². The van der Waals surface area contributed by atoms with Crippen LogP contribution in [-0.2, 0) is 28.6 Å². The second kappa shape index (κ2) is 45.5. The Kier molecular flexibility index (Phi) is 42.2. The largest absolute Gasteiger partial charge is 0.462 e. The molecule has 0 bridgehead atoms.